The summed E-state index contributed by atoms with van der Waals surface area (Å²) in [5.74, 6) is 0.888. The Morgan fingerprint density at radius 1 is 1.42 bits per heavy atom. The third kappa shape index (κ3) is 2.21. The zero-order valence-electron chi connectivity index (χ0n) is 13.3. The molecule has 2 fully saturated rings. The van der Waals surface area contributed by atoms with Crippen LogP contribution in [-0.4, -0.2) is 32.5 Å². The number of rotatable bonds is 3. The van der Waals surface area contributed by atoms with Crippen molar-refractivity contribution in [1.29, 1.82) is 0 Å². The molecule has 126 valence electrons. The van der Waals surface area contributed by atoms with Crippen LogP contribution in [0.5, 0.6) is 0 Å². The summed E-state index contributed by atoms with van der Waals surface area (Å²) in [6, 6.07) is 3.03. The Morgan fingerprint density at radius 3 is 3.04 bits per heavy atom. The molecule has 4 rings (SSSR count). The molecule has 8 nitrogen and oxygen atoms in total. The molecule has 1 spiro atoms. The van der Waals surface area contributed by atoms with Crippen LogP contribution in [0.15, 0.2) is 27.3 Å². The van der Waals surface area contributed by atoms with Crippen molar-refractivity contribution in [3.8, 4) is 11.6 Å². The van der Waals surface area contributed by atoms with Crippen molar-refractivity contribution < 1.29 is 18.5 Å². The van der Waals surface area contributed by atoms with E-state index in [4.69, 9.17) is 8.94 Å². The van der Waals surface area contributed by atoms with Gasteiger partial charge in [-0.05, 0) is 30.9 Å². The third-order valence-electron chi connectivity index (χ3n) is 5.00. The number of nitrogens with one attached hydrogen (secondary N) is 1. The second-order valence-corrected chi connectivity index (χ2v) is 6.43. The summed E-state index contributed by atoms with van der Waals surface area (Å²) in [4.78, 5) is 30.6. The van der Waals surface area contributed by atoms with Crippen molar-refractivity contribution in [2.45, 2.75) is 44.7 Å². The highest BCUT2D eigenvalue weighted by Crippen LogP contribution is 2.38. The molecule has 1 saturated carbocycles. The van der Waals surface area contributed by atoms with Crippen molar-refractivity contribution in [2.24, 2.45) is 5.92 Å². The maximum Gasteiger partial charge on any atom is 0.325 e. The fourth-order valence-electron chi connectivity index (χ4n) is 3.60. The van der Waals surface area contributed by atoms with E-state index in [1.54, 1.807) is 12.1 Å². The van der Waals surface area contributed by atoms with Gasteiger partial charge in [0.2, 0.25) is 11.7 Å². The molecule has 2 unspecified atom stereocenters. The fraction of sp³-hybridized carbons (Fsp3) is 0.500. The minimum Gasteiger partial charge on any atom is -0.461 e. The van der Waals surface area contributed by atoms with Gasteiger partial charge in [0.05, 0.1) is 6.26 Å². The summed E-state index contributed by atoms with van der Waals surface area (Å²) in [6.45, 7) is 1.98. The lowest BCUT2D eigenvalue weighted by Crippen LogP contribution is -2.53. The first-order valence-corrected chi connectivity index (χ1v) is 8.11. The van der Waals surface area contributed by atoms with E-state index in [1.807, 2.05) is 6.92 Å². The zero-order chi connectivity index (χ0) is 16.7. The molecule has 8 heteroatoms. The average molecular weight is 330 g/mol. The lowest BCUT2D eigenvalue weighted by Gasteiger charge is -2.36. The lowest BCUT2D eigenvalue weighted by atomic mass is 9.73. The topological polar surface area (TPSA) is 101 Å². The first-order valence-electron chi connectivity index (χ1n) is 8.11. The minimum atomic E-state index is -0.779. The van der Waals surface area contributed by atoms with Crippen LogP contribution < -0.4 is 5.32 Å². The van der Waals surface area contributed by atoms with E-state index in [0.717, 1.165) is 19.3 Å². The quantitative estimate of drug-likeness (QED) is 0.867. The number of imide groups is 1. The molecular weight excluding hydrogens is 312 g/mol. The average Bonchev–Trinajstić information content (AvgIpc) is 3.28. The van der Waals surface area contributed by atoms with Gasteiger partial charge >= 0.3 is 6.03 Å². The van der Waals surface area contributed by atoms with Gasteiger partial charge in [0.15, 0.2) is 5.76 Å². The summed E-state index contributed by atoms with van der Waals surface area (Å²) in [5, 5.41) is 6.72. The Hall–Kier alpha value is -2.64. The summed E-state index contributed by atoms with van der Waals surface area (Å²) in [5.41, 5.74) is -0.779. The Balaban J connectivity index is 1.55. The molecule has 0 bridgehead atoms. The number of nitrogens with zero attached hydrogens (tertiary/aromatic N) is 3. The van der Waals surface area contributed by atoms with Crippen LogP contribution in [0.25, 0.3) is 11.6 Å². The van der Waals surface area contributed by atoms with Gasteiger partial charge in [0.25, 0.3) is 5.91 Å². The van der Waals surface area contributed by atoms with Gasteiger partial charge in [0, 0.05) is 0 Å². The van der Waals surface area contributed by atoms with E-state index < -0.39 is 11.6 Å². The molecule has 1 saturated heterocycles. The van der Waals surface area contributed by atoms with Crippen molar-refractivity contribution in [1.82, 2.24) is 20.4 Å². The van der Waals surface area contributed by atoms with Gasteiger partial charge < -0.3 is 14.3 Å². The largest absolute Gasteiger partial charge is 0.461 e. The van der Waals surface area contributed by atoms with Crippen LogP contribution in [0.4, 0.5) is 4.79 Å². The number of aromatic nitrogens is 2. The highest BCUT2D eigenvalue weighted by atomic mass is 16.5. The second-order valence-electron chi connectivity index (χ2n) is 6.43. The highest BCUT2D eigenvalue weighted by molar-refractivity contribution is 6.07. The van der Waals surface area contributed by atoms with Gasteiger partial charge in [-0.1, -0.05) is 24.9 Å². The van der Waals surface area contributed by atoms with Crippen LogP contribution in [0.1, 0.15) is 38.5 Å². The lowest BCUT2D eigenvalue weighted by molar-refractivity contribution is -0.134. The summed E-state index contributed by atoms with van der Waals surface area (Å²) >= 11 is 0. The van der Waals surface area contributed by atoms with E-state index in [0.29, 0.717) is 18.0 Å². The van der Waals surface area contributed by atoms with Gasteiger partial charge in [-0.15, -0.1) is 0 Å². The van der Waals surface area contributed by atoms with Crippen LogP contribution in [0, 0.1) is 5.92 Å². The molecule has 2 aromatic heterocycles. The molecule has 2 atom stereocenters. The van der Waals surface area contributed by atoms with Gasteiger partial charge in [-0.25, -0.2) is 4.79 Å². The monoisotopic (exact) mass is 330 g/mol. The smallest absolute Gasteiger partial charge is 0.325 e. The number of urea groups is 1. The van der Waals surface area contributed by atoms with Crippen molar-refractivity contribution in [3.05, 3.63) is 24.3 Å². The predicted molar refractivity (Wildman–Crippen MR) is 81.4 cm³/mol. The van der Waals surface area contributed by atoms with Crippen LogP contribution in [0.2, 0.25) is 0 Å². The van der Waals surface area contributed by atoms with Crippen LogP contribution in [-0.2, 0) is 11.3 Å². The summed E-state index contributed by atoms with van der Waals surface area (Å²) in [7, 11) is 0. The van der Waals surface area contributed by atoms with Gasteiger partial charge in [-0.3, -0.25) is 9.69 Å². The van der Waals surface area contributed by atoms with Gasteiger partial charge in [0.1, 0.15) is 12.1 Å². The molecule has 3 amide bonds. The second kappa shape index (κ2) is 5.47. The first kappa shape index (κ1) is 14.9. The summed E-state index contributed by atoms with van der Waals surface area (Å²) in [6.07, 6.45) is 5.15. The number of hydrogen-bond acceptors (Lipinski definition) is 6. The zero-order valence-corrected chi connectivity index (χ0v) is 13.3. The minimum absolute atomic E-state index is 0.0349. The highest BCUT2D eigenvalue weighted by Gasteiger charge is 2.55. The maximum absolute atomic E-state index is 12.9. The molecule has 1 aliphatic carbocycles. The normalized spacial score (nSPS) is 27.0. The molecule has 0 aromatic carbocycles. The number of amides is 3. The Kier molecular flexibility index (Phi) is 3.40. The SMILES string of the molecule is CC1CCCCC12NC(=O)N(Cc1nc(-c3ccco3)no1)C2=O. The molecular formula is C16H18N4O4. The number of hydrogen-bond donors (Lipinski definition) is 1. The van der Waals surface area contributed by atoms with E-state index in [2.05, 4.69) is 15.5 Å². The molecule has 1 N–H and O–H groups in total. The van der Waals surface area contributed by atoms with E-state index >= 15 is 0 Å². The Labute approximate surface area is 138 Å². The molecule has 2 aliphatic rings. The van der Waals surface area contributed by atoms with E-state index in [9.17, 15) is 9.59 Å². The molecule has 0 radical (unpaired) electrons. The van der Waals surface area contributed by atoms with E-state index in [-0.39, 0.29) is 24.3 Å². The molecule has 24 heavy (non-hydrogen) atoms. The predicted octanol–water partition coefficient (Wildman–Crippen LogP) is 2.33. The Bertz CT molecular complexity index is 769. The van der Waals surface area contributed by atoms with Crippen molar-refractivity contribution in [3.63, 3.8) is 0 Å². The number of carbonyl (C=O) groups excluding carboxylic acids is 2. The Morgan fingerprint density at radius 2 is 2.29 bits per heavy atom. The number of carbonyl (C=O) groups is 2. The number of furan rings is 1. The standard InChI is InChI=1S/C16H18N4O4/c1-10-5-2-3-7-16(10)14(21)20(15(22)18-16)9-12-17-13(19-24-12)11-6-4-8-23-11/h4,6,8,10H,2-3,5,7,9H2,1H3,(H,18,22). The fourth-order valence-corrected chi connectivity index (χ4v) is 3.60. The van der Waals surface area contributed by atoms with Crippen LogP contribution >= 0.6 is 0 Å². The first-order chi connectivity index (χ1) is 11.6. The maximum atomic E-state index is 12.9. The molecule has 1 aliphatic heterocycles. The van der Waals surface area contributed by atoms with Crippen molar-refractivity contribution >= 4 is 11.9 Å². The molecule has 2 aromatic rings. The van der Waals surface area contributed by atoms with E-state index in [1.165, 1.54) is 11.2 Å². The van der Waals surface area contributed by atoms with Gasteiger partial charge in [-0.2, -0.15) is 4.98 Å². The van der Waals surface area contributed by atoms with Crippen LogP contribution in [0.3, 0.4) is 0 Å². The van der Waals surface area contributed by atoms with Crippen molar-refractivity contribution in [2.75, 3.05) is 0 Å². The third-order valence-corrected chi connectivity index (χ3v) is 5.00. The molecule has 3 heterocycles. The summed E-state index contributed by atoms with van der Waals surface area (Å²) < 4.78 is 10.4.